The van der Waals surface area contributed by atoms with E-state index in [1.807, 2.05) is 19.9 Å². The molecule has 0 atom stereocenters. The van der Waals surface area contributed by atoms with Crippen molar-refractivity contribution < 1.29 is 13.2 Å². The Bertz CT molecular complexity index is 1070. The first-order valence-corrected chi connectivity index (χ1v) is 11.5. The van der Waals surface area contributed by atoms with Crippen molar-refractivity contribution in [2.75, 3.05) is 18.0 Å². The second-order valence-corrected chi connectivity index (χ2v) is 9.70. The lowest BCUT2D eigenvalue weighted by Crippen LogP contribution is -2.46. The molecule has 1 aromatic heterocycles. The number of hydrogen-bond donors (Lipinski definition) is 0. The van der Waals surface area contributed by atoms with Crippen LogP contribution in [-0.4, -0.2) is 42.7 Å². The molecule has 158 valence electrons. The monoisotopic (exact) mass is 446 g/mol. The Morgan fingerprint density at radius 2 is 1.97 bits per heavy atom. The number of sulfonamides is 1. The Balaban J connectivity index is 1.75. The van der Waals surface area contributed by atoms with E-state index in [-0.39, 0.29) is 41.0 Å². The van der Waals surface area contributed by atoms with Crippen LogP contribution in [0.25, 0.3) is 0 Å². The zero-order valence-corrected chi connectivity index (χ0v) is 18.4. The molecule has 9 heteroatoms. The van der Waals surface area contributed by atoms with Crippen molar-refractivity contribution in [1.29, 1.82) is 5.26 Å². The fraction of sp³-hybridized carbons (Fsp3) is 0.381. The molecule has 1 aliphatic heterocycles. The highest BCUT2D eigenvalue weighted by Gasteiger charge is 2.35. The minimum atomic E-state index is -3.76. The van der Waals surface area contributed by atoms with Crippen molar-refractivity contribution in [3.63, 3.8) is 0 Å². The molecule has 1 fully saturated rings. The van der Waals surface area contributed by atoms with Gasteiger partial charge < -0.3 is 4.90 Å². The topological polar surface area (TPSA) is 94.4 Å². The van der Waals surface area contributed by atoms with Gasteiger partial charge in [-0.25, -0.2) is 13.4 Å². The van der Waals surface area contributed by atoms with Crippen LogP contribution < -0.4 is 4.90 Å². The van der Waals surface area contributed by atoms with Gasteiger partial charge in [0.25, 0.3) is 0 Å². The van der Waals surface area contributed by atoms with Crippen LogP contribution in [0.5, 0.6) is 0 Å². The van der Waals surface area contributed by atoms with Gasteiger partial charge in [0, 0.05) is 36.9 Å². The fourth-order valence-corrected chi connectivity index (χ4v) is 5.55. The quantitative estimate of drug-likeness (QED) is 0.655. The third-order valence-electron chi connectivity index (χ3n) is 5.15. The molecule has 1 aliphatic rings. The van der Waals surface area contributed by atoms with Crippen molar-refractivity contribution in [2.24, 2.45) is 5.92 Å². The first-order chi connectivity index (χ1) is 14.3. The number of carbonyl (C=O) groups excluding carboxylic acids is 1. The van der Waals surface area contributed by atoms with E-state index in [9.17, 15) is 13.2 Å². The normalized spacial score (nSPS) is 15.7. The maximum Gasteiger partial charge on any atom is 0.246 e. The minimum absolute atomic E-state index is 0.0198. The van der Waals surface area contributed by atoms with Gasteiger partial charge >= 0.3 is 0 Å². The molecule has 1 saturated heterocycles. The summed E-state index contributed by atoms with van der Waals surface area (Å²) in [5.41, 5.74) is 1.16. The third-order valence-corrected chi connectivity index (χ3v) is 7.50. The predicted octanol–water partition coefficient (Wildman–Crippen LogP) is 3.45. The summed E-state index contributed by atoms with van der Waals surface area (Å²) < 4.78 is 27.1. The average Bonchev–Trinajstić information content (AvgIpc) is 2.74. The average molecular weight is 447 g/mol. The Kier molecular flexibility index (Phi) is 6.76. The highest BCUT2D eigenvalue weighted by Crippen LogP contribution is 2.29. The van der Waals surface area contributed by atoms with Crippen molar-refractivity contribution in [3.05, 3.63) is 53.3 Å². The molecule has 2 heterocycles. The maximum atomic E-state index is 13.3. The number of amides is 1. The molecule has 0 aliphatic carbocycles. The molecule has 0 saturated carbocycles. The number of nitriles is 1. The Morgan fingerprint density at radius 1 is 1.27 bits per heavy atom. The number of anilines is 1. The van der Waals surface area contributed by atoms with E-state index < -0.39 is 10.0 Å². The second-order valence-electron chi connectivity index (χ2n) is 7.43. The van der Waals surface area contributed by atoms with Crippen molar-refractivity contribution in [3.8, 4) is 6.07 Å². The molecule has 3 rings (SSSR count). The summed E-state index contributed by atoms with van der Waals surface area (Å²) in [5.74, 6) is -0.356. The maximum absolute atomic E-state index is 13.3. The van der Waals surface area contributed by atoms with E-state index in [4.69, 9.17) is 16.9 Å². The molecule has 0 unspecified atom stereocenters. The Labute approximate surface area is 181 Å². The number of piperidine rings is 1. The molecule has 0 spiro atoms. The summed E-state index contributed by atoms with van der Waals surface area (Å²) in [6.07, 6.45) is 2.27. The lowest BCUT2D eigenvalue weighted by molar-refractivity contribution is -0.123. The lowest BCUT2D eigenvalue weighted by atomic mass is 9.95. The van der Waals surface area contributed by atoms with Crippen LogP contribution in [0.4, 0.5) is 5.69 Å². The van der Waals surface area contributed by atoms with E-state index in [1.165, 1.54) is 22.6 Å². The highest BCUT2D eigenvalue weighted by molar-refractivity contribution is 7.89. The van der Waals surface area contributed by atoms with Gasteiger partial charge in [-0.05, 0) is 57.0 Å². The van der Waals surface area contributed by atoms with Gasteiger partial charge in [-0.1, -0.05) is 17.7 Å². The van der Waals surface area contributed by atoms with Crippen LogP contribution >= 0.6 is 11.6 Å². The van der Waals surface area contributed by atoms with E-state index >= 15 is 0 Å². The van der Waals surface area contributed by atoms with Crippen LogP contribution in [0.2, 0.25) is 5.15 Å². The predicted molar refractivity (Wildman–Crippen MR) is 115 cm³/mol. The SMILES string of the molecule is CC(C)N(C(=O)C1CCN(S(=O)(=O)c2cccnc2Cl)CC1)c1cccc(C#N)c1. The van der Waals surface area contributed by atoms with Gasteiger partial charge in [0.2, 0.25) is 15.9 Å². The molecule has 0 bridgehead atoms. The number of aromatic nitrogens is 1. The number of carbonyl (C=O) groups is 1. The number of hydrogen-bond acceptors (Lipinski definition) is 5. The molecule has 30 heavy (non-hydrogen) atoms. The molecule has 0 N–H and O–H groups in total. The standard InChI is InChI=1S/C21H23ClN4O3S/c1-15(2)26(18-6-3-5-16(13-18)14-23)21(27)17-8-11-25(12-9-17)30(28,29)19-7-4-10-24-20(19)22/h3-7,10,13,15,17H,8-9,11-12H2,1-2H3. The van der Waals surface area contributed by atoms with Gasteiger partial charge in [0.15, 0.2) is 0 Å². The van der Waals surface area contributed by atoms with Gasteiger partial charge in [0.05, 0.1) is 11.6 Å². The minimum Gasteiger partial charge on any atom is -0.310 e. The lowest BCUT2D eigenvalue weighted by Gasteiger charge is -2.35. The van der Waals surface area contributed by atoms with Crippen LogP contribution in [-0.2, 0) is 14.8 Å². The van der Waals surface area contributed by atoms with Crippen molar-refractivity contribution in [1.82, 2.24) is 9.29 Å². The van der Waals surface area contributed by atoms with E-state index in [0.717, 1.165) is 0 Å². The fourth-order valence-electron chi connectivity index (χ4n) is 3.65. The molecular formula is C21H23ClN4O3S. The van der Waals surface area contributed by atoms with Crippen molar-refractivity contribution >= 4 is 33.2 Å². The van der Waals surface area contributed by atoms with Crippen LogP contribution in [0.1, 0.15) is 32.3 Å². The van der Waals surface area contributed by atoms with Gasteiger partial charge in [0.1, 0.15) is 10.0 Å². The Hall–Kier alpha value is -2.47. The molecule has 1 aromatic carbocycles. The molecule has 7 nitrogen and oxygen atoms in total. The summed E-state index contributed by atoms with van der Waals surface area (Å²) in [7, 11) is -3.76. The van der Waals surface area contributed by atoms with Gasteiger partial charge in [-0.3, -0.25) is 4.79 Å². The number of benzene rings is 1. The van der Waals surface area contributed by atoms with Crippen molar-refractivity contribution in [2.45, 2.75) is 37.6 Å². The van der Waals surface area contributed by atoms with Crippen LogP contribution in [0.3, 0.4) is 0 Å². The summed E-state index contributed by atoms with van der Waals surface area (Å²) in [6, 6.07) is 11.9. The highest BCUT2D eigenvalue weighted by atomic mass is 35.5. The first kappa shape index (κ1) is 22.2. The smallest absolute Gasteiger partial charge is 0.246 e. The first-order valence-electron chi connectivity index (χ1n) is 9.69. The molecular weight excluding hydrogens is 424 g/mol. The number of nitrogens with zero attached hydrogens (tertiary/aromatic N) is 4. The number of pyridine rings is 1. The Morgan fingerprint density at radius 3 is 2.57 bits per heavy atom. The summed E-state index contributed by atoms with van der Waals surface area (Å²) in [6.45, 7) is 4.30. The molecule has 2 aromatic rings. The van der Waals surface area contributed by atoms with E-state index in [2.05, 4.69) is 11.1 Å². The summed E-state index contributed by atoms with van der Waals surface area (Å²) in [4.78, 5) is 18.8. The number of rotatable bonds is 5. The third kappa shape index (κ3) is 4.48. The zero-order valence-electron chi connectivity index (χ0n) is 16.8. The largest absolute Gasteiger partial charge is 0.310 e. The summed E-state index contributed by atoms with van der Waals surface area (Å²) in [5, 5.41) is 9.10. The summed E-state index contributed by atoms with van der Waals surface area (Å²) >= 11 is 5.98. The van der Waals surface area contributed by atoms with E-state index in [0.29, 0.717) is 24.1 Å². The van der Waals surface area contributed by atoms with Gasteiger partial charge in [-0.15, -0.1) is 0 Å². The molecule has 0 radical (unpaired) electrons. The van der Waals surface area contributed by atoms with E-state index in [1.54, 1.807) is 23.1 Å². The van der Waals surface area contributed by atoms with Crippen LogP contribution in [0.15, 0.2) is 47.5 Å². The van der Waals surface area contributed by atoms with Crippen LogP contribution in [0, 0.1) is 17.2 Å². The number of halogens is 1. The zero-order chi connectivity index (χ0) is 21.9. The van der Waals surface area contributed by atoms with Gasteiger partial charge in [-0.2, -0.15) is 9.57 Å². The molecule has 1 amide bonds. The second kappa shape index (κ2) is 9.13.